The minimum absolute atomic E-state index is 0.0775. The molecule has 1 aromatic heterocycles. The predicted molar refractivity (Wildman–Crippen MR) is 102 cm³/mol. The number of rotatable bonds is 6. The molecule has 2 amide bonds. The molecule has 7 heteroatoms. The van der Waals surface area contributed by atoms with Crippen LogP contribution in [0.15, 0.2) is 24.5 Å². The quantitative estimate of drug-likeness (QED) is 0.743. The summed E-state index contributed by atoms with van der Waals surface area (Å²) in [6.45, 7) is 5.94. The fourth-order valence-electron chi connectivity index (χ4n) is 3.89. The van der Waals surface area contributed by atoms with E-state index >= 15 is 0 Å². The van der Waals surface area contributed by atoms with E-state index in [4.69, 9.17) is 4.74 Å². The van der Waals surface area contributed by atoms with Crippen molar-refractivity contribution < 1.29 is 14.3 Å². The Hall–Kier alpha value is -1.99. The van der Waals surface area contributed by atoms with Crippen molar-refractivity contribution in [2.24, 2.45) is 5.92 Å². The summed E-state index contributed by atoms with van der Waals surface area (Å²) < 4.78 is 5.08. The van der Waals surface area contributed by atoms with Gasteiger partial charge in [-0.3, -0.25) is 19.5 Å². The Labute approximate surface area is 161 Å². The Balaban J connectivity index is 1.52. The molecule has 0 aliphatic carbocycles. The Morgan fingerprint density at radius 2 is 2.04 bits per heavy atom. The van der Waals surface area contributed by atoms with Crippen molar-refractivity contribution in [1.82, 2.24) is 19.7 Å². The number of hydrogen-bond acceptors (Lipinski definition) is 5. The molecular weight excluding hydrogens is 344 g/mol. The van der Waals surface area contributed by atoms with Gasteiger partial charge in [-0.25, -0.2) is 0 Å². The summed E-state index contributed by atoms with van der Waals surface area (Å²) >= 11 is 0. The molecule has 0 spiro atoms. The molecule has 1 aromatic rings. The van der Waals surface area contributed by atoms with Crippen molar-refractivity contribution in [2.45, 2.75) is 25.8 Å². The number of likely N-dealkylation sites (tertiary alicyclic amines) is 1. The zero-order chi connectivity index (χ0) is 19.1. The highest BCUT2D eigenvalue weighted by molar-refractivity contribution is 5.84. The lowest BCUT2D eigenvalue weighted by molar-refractivity contribution is -0.143. The summed E-state index contributed by atoms with van der Waals surface area (Å²) in [6.07, 6.45) is 5.75. The van der Waals surface area contributed by atoms with Gasteiger partial charge in [0.25, 0.3) is 0 Å². The number of carbonyl (C=O) groups excluding carboxylic acids is 2. The lowest BCUT2D eigenvalue weighted by Crippen LogP contribution is -2.48. The number of nitrogens with zero attached hydrogens (tertiary/aromatic N) is 4. The van der Waals surface area contributed by atoms with E-state index in [1.54, 1.807) is 12.0 Å². The molecule has 0 N–H and O–H groups in total. The molecule has 1 atom stereocenters. The summed E-state index contributed by atoms with van der Waals surface area (Å²) in [7, 11) is 1.63. The highest BCUT2D eigenvalue weighted by atomic mass is 16.5. The number of aromatic nitrogens is 1. The second kappa shape index (κ2) is 9.80. The average molecular weight is 374 g/mol. The van der Waals surface area contributed by atoms with Crippen LogP contribution in [0.2, 0.25) is 0 Å². The lowest BCUT2D eigenvalue weighted by atomic mass is 9.96. The Kier molecular flexibility index (Phi) is 7.18. The maximum absolute atomic E-state index is 13.0. The van der Waals surface area contributed by atoms with Gasteiger partial charge in [0.2, 0.25) is 11.8 Å². The first-order valence-electron chi connectivity index (χ1n) is 9.84. The van der Waals surface area contributed by atoms with Gasteiger partial charge in [-0.05, 0) is 30.5 Å². The molecule has 0 saturated carbocycles. The largest absolute Gasteiger partial charge is 0.383 e. The monoisotopic (exact) mass is 374 g/mol. The van der Waals surface area contributed by atoms with Crippen LogP contribution in [-0.2, 0) is 20.9 Å². The highest BCUT2D eigenvalue weighted by Crippen LogP contribution is 2.21. The molecule has 3 rings (SSSR count). The van der Waals surface area contributed by atoms with Crippen LogP contribution in [0.5, 0.6) is 0 Å². The molecule has 0 radical (unpaired) electrons. The predicted octanol–water partition coefficient (Wildman–Crippen LogP) is 1.00. The van der Waals surface area contributed by atoms with Crippen LogP contribution >= 0.6 is 0 Å². The number of methoxy groups -OCH3 is 1. The zero-order valence-electron chi connectivity index (χ0n) is 16.2. The third kappa shape index (κ3) is 5.49. The van der Waals surface area contributed by atoms with Crippen LogP contribution in [0.3, 0.4) is 0 Å². The van der Waals surface area contributed by atoms with Gasteiger partial charge < -0.3 is 14.5 Å². The van der Waals surface area contributed by atoms with Crippen molar-refractivity contribution in [2.75, 3.05) is 53.0 Å². The van der Waals surface area contributed by atoms with Gasteiger partial charge in [0.15, 0.2) is 0 Å². The molecule has 0 aromatic carbocycles. The zero-order valence-corrected chi connectivity index (χ0v) is 16.2. The number of hydrogen-bond donors (Lipinski definition) is 0. The number of carbonyl (C=O) groups is 2. The van der Waals surface area contributed by atoms with E-state index in [1.165, 1.54) is 5.56 Å². The number of pyridine rings is 1. The van der Waals surface area contributed by atoms with Gasteiger partial charge in [0.05, 0.1) is 12.5 Å². The van der Waals surface area contributed by atoms with Crippen LogP contribution in [0, 0.1) is 5.92 Å². The normalized spacial score (nSPS) is 22.0. The summed E-state index contributed by atoms with van der Waals surface area (Å²) in [5.41, 5.74) is 1.25. The van der Waals surface area contributed by atoms with Gasteiger partial charge in [-0.1, -0.05) is 0 Å². The maximum Gasteiger partial charge on any atom is 0.227 e. The third-order valence-corrected chi connectivity index (χ3v) is 5.47. The smallest absolute Gasteiger partial charge is 0.227 e. The first-order valence-corrected chi connectivity index (χ1v) is 9.84. The van der Waals surface area contributed by atoms with Gasteiger partial charge >= 0.3 is 0 Å². The fourth-order valence-corrected chi connectivity index (χ4v) is 3.89. The second-order valence-corrected chi connectivity index (χ2v) is 7.38. The van der Waals surface area contributed by atoms with Gasteiger partial charge in [0, 0.05) is 71.7 Å². The molecule has 0 bridgehead atoms. The van der Waals surface area contributed by atoms with Crippen LogP contribution in [0.4, 0.5) is 0 Å². The topological polar surface area (TPSA) is 66.0 Å². The Morgan fingerprint density at radius 3 is 2.81 bits per heavy atom. The van der Waals surface area contributed by atoms with E-state index in [0.717, 1.165) is 39.1 Å². The van der Waals surface area contributed by atoms with Crippen molar-refractivity contribution >= 4 is 11.8 Å². The highest BCUT2D eigenvalue weighted by Gasteiger charge is 2.33. The lowest BCUT2D eigenvalue weighted by Gasteiger charge is -2.34. The number of piperidine rings is 1. The molecule has 7 nitrogen and oxygen atoms in total. The Morgan fingerprint density at radius 1 is 1.22 bits per heavy atom. The molecule has 3 heterocycles. The second-order valence-electron chi connectivity index (χ2n) is 7.38. The minimum atomic E-state index is -0.0775. The van der Waals surface area contributed by atoms with Crippen LogP contribution in [0.25, 0.3) is 0 Å². The molecular formula is C20H30N4O3. The van der Waals surface area contributed by atoms with Gasteiger partial charge in [-0.15, -0.1) is 0 Å². The van der Waals surface area contributed by atoms with Gasteiger partial charge in [-0.2, -0.15) is 0 Å². The summed E-state index contributed by atoms with van der Waals surface area (Å²) in [5.74, 6) is 0.262. The number of amides is 2. The fraction of sp³-hybridized carbons (Fsp3) is 0.650. The number of ether oxygens (including phenoxy) is 1. The van der Waals surface area contributed by atoms with E-state index in [9.17, 15) is 9.59 Å². The van der Waals surface area contributed by atoms with Crippen molar-refractivity contribution in [3.05, 3.63) is 30.1 Å². The van der Waals surface area contributed by atoms with E-state index in [2.05, 4.69) is 9.88 Å². The van der Waals surface area contributed by atoms with E-state index in [-0.39, 0.29) is 17.7 Å². The van der Waals surface area contributed by atoms with Crippen molar-refractivity contribution in [3.63, 3.8) is 0 Å². The molecule has 27 heavy (non-hydrogen) atoms. The van der Waals surface area contributed by atoms with Crippen molar-refractivity contribution in [1.29, 1.82) is 0 Å². The summed E-state index contributed by atoms with van der Waals surface area (Å²) in [5, 5.41) is 0. The van der Waals surface area contributed by atoms with Crippen LogP contribution in [-0.4, -0.2) is 84.5 Å². The molecule has 2 fully saturated rings. The molecule has 1 unspecified atom stereocenters. The van der Waals surface area contributed by atoms with E-state index in [1.807, 2.05) is 29.4 Å². The molecule has 2 saturated heterocycles. The summed E-state index contributed by atoms with van der Waals surface area (Å²) in [6, 6.07) is 4.09. The standard InChI is InChI=1S/C20H30N4O3/c1-27-14-13-24-16-18(3-4-19(24)25)20(26)23-10-2-9-22(11-12-23)15-17-5-7-21-8-6-17/h5-8,18H,2-4,9-16H2,1H3. The SMILES string of the molecule is COCCN1CC(C(=O)N2CCCN(Cc3ccncc3)CC2)CCC1=O. The Bertz CT molecular complexity index is 625. The molecule has 2 aliphatic rings. The van der Waals surface area contributed by atoms with Gasteiger partial charge in [0.1, 0.15) is 0 Å². The minimum Gasteiger partial charge on any atom is -0.383 e. The first kappa shape index (κ1) is 19.8. The van der Waals surface area contributed by atoms with Crippen LogP contribution < -0.4 is 0 Å². The first-order chi connectivity index (χ1) is 13.2. The van der Waals surface area contributed by atoms with E-state index < -0.39 is 0 Å². The third-order valence-electron chi connectivity index (χ3n) is 5.47. The molecule has 2 aliphatic heterocycles. The summed E-state index contributed by atoms with van der Waals surface area (Å²) in [4.78, 5) is 35.3. The van der Waals surface area contributed by atoms with Crippen molar-refractivity contribution in [3.8, 4) is 0 Å². The van der Waals surface area contributed by atoms with E-state index in [0.29, 0.717) is 32.5 Å². The maximum atomic E-state index is 13.0. The molecule has 148 valence electrons. The average Bonchev–Trinajstić information content (AvgIpc) is 2.93. The van der Waals surface area contributed by atoms with Crippen LogP contribution in [0.1, 0.15) is 24.8 Å².